The van der Waals surface area contributed by atoms with Gasteiger partial charge < -0.3 is 5.32 Å². The van der Waals surface area contributed by atoms with Gasteiger partial charge in [0, 0.05) is 12.7 Å². The Morgan fingerprint density at radius 1 is 1.25 bits per heavy atom. The second-order valence-electron chi connectivity index (χ2n) is 4.63. The maximum Gasteiger partial charge on any atom is 0.284 e. The van der Waals surface area contributed by atoms with Crippen molar-refractivity contribution in [2.24, 2.45) is 0 Å². The van der Waals surface area contributed by atoms with Crippen molar-refractivity contribution in [2.45, 2.75) is 26.2 Å². The largest absolute Gasteiger partial charge is 0.352 e. The van der Waals surface area contributed by atoms with Crippen LogP contribution in [0.1, 0.15) is 36.5 Å². The highest BCUT2D eigenvalue weighted by Crippen LogP contribution is 2.03. The van der Waals surface area contributed by atoms with Crippen LogP contribution in [0.4, 0.5) is 0 Å². The molecule has 0 atom stereocenters. The second-order valence-corrected chi connectivity index (χ2v) is 4.63. The molecule has 0 bridgehead atoms. The number of carbonyl (C=O) groups excluding carboxylic acids is 1. The van der Waals surface area contributed by atoms with Gasteiger partial charge in [0.05, 0.1) is 5.69 Å². The van der Waals surface area contributed by atoms with E-state index >= 15 is 0 Å². The van der Waals surface area contributed by atoms with Crippen molar-refractivity contribution < 1.29 is 4.79 Å². The number of hydrogen-bond donors (Lipinski definition) is 2. The third-order valence-electron chi connectivity index (χ3n) is 3.10. The van der Waals surface area contributed by atoms with Gasteiger partial charge in [-0.1, -0.05) is 38.0 Å². The molecule has 5 nitrogen and oxygen atoms in total. The van der Waals surface area contributed by atoms with E-state index in [0.717, 1.165) is 19.3 Å². The minimum absolute atomic E-state index is 0.144. The van der Waals surface area contributed by atoms with Gasteiger partial charge in [0.2, 0.25) is 0 Å². The molecule has 1 heterocycles. The Morgan fingerprint density at radius 2 is 2.00 bits per heavy atom. The molecule has 5 heteroatoms. The number of aromatic amines is 1. The van der Waals surface area contributed by atoms with E-state index in [0.29, 0.717) is 12.2 Å². The molecular weight excluding hydrogens is 254 g/mol. The minimum Gasteiger partial charge on any atom is -0.352 e. The van der Waals surface area contributed by atoms with E-state index in [1.54, 1.807) is 12.1 Å². The molecule has 106 valence electrons. The van der Waals surface area contributed by atoms with Crippen molar-refractivity contribution in [1.82, 2.24) is 15.1 Å². The monoisotopic (exact) mass is 273 g/mol. The fourth-order valence-electron chi connectivity index (χ4n) is 1.97. The number of amides is 1. The van der Waals surface area contributed by atoms with E-state index in [2.05, 4.69) is 17.3 Å². The van der Waals surface area contributed by atoms with Crippen LogP contribution < -0.4 is 10.9 Å². The number of para-hydroxylation sites is 1. The zero-order valence-corrected chi connectivity index (χ0v) is 11.6. The van der Waals surface area contributed by atoms with Gasteiger partial charge >= 0.3 is 0 Å². The molecule has 2 aromatic rings. The van der Waals surface area contributed by atoms with Crippen LogP contribution in [0.5, 0.6) is 0 Å². The highest BCUT2D eigenvalue weighted by molar-refractivity contribution is 5.93. The van der Waals surface area contributed by atoms with Crippen molar-refractivity contribution in [1.29, 1.82) is 0 Å². The fourth-order valence-corrected chi connectivity index (χ4v) is 1.97. The SMILES string of the molecule is CCCCCNC(=O)c1c[nH]n(-c2ccccc2)c1=O. The van der Waals surface area contributed by atoms with Crippen LogP contribution in [-0.4, -0.2) is 22.2 Å². The maximum atomic E-state index is 12.2. The molecule has 1 amide bonds. The first-order chi connectivity index (χ1) is 9.74. The highest BCUT2D eigenvalue weighted by atomic mass is 16.2. The van der Waals surface area contributed by atoms with E-state index in [1.807, 2.05) is 18.2 Å². The third kappa shape index (κ3) is 3.17. The van der Waals surface area contributed by atoms with Crippen molar-refractivity contribution in [3.8, 4) is 5.69 Å². The summed E-state index contributed by atoms with van der Waals surface area (Å²) < 4.78 is 1.36. The number of H-pyrrole nitrogens is 1. The maximum absolute atomic E-state index is 12.2. The molecule has 1 aromatic carbocycles. The summed E-state index contributed by atoms with van der Waals surface area (Å²) in [5.74, 6) is -0.322. The summed E-state index contributed by atoms with van der Waals surface area (Å²) in [6.45, 7) is 2.70. The second kappa shape index (κ2) is 6.75. The summed E-state index contributed by atoms with van der Waals surface area (Å²) in [5.41, 5.74) is 0.525. The Labute approximate surface area is 117 Å². The zero-order valence-electron chi connectivity index (χ0n) is 11.6. The van der Waals surface area contributed by atoms with Gasteiger partial charge in [-0.3, -0.25) is 14.7 Å². The van der Waals surface area contributed by atoms with Gasteiger partial charge in [0.1, 0.15) is 5.56 Å². The molecule has 0 unspecified atom stereocenters. The summed E-state index contributed by atoms with van der Waals surface area (Å²) >= 11 is 0. The van der Waals surface area contributed by atoms with Crippen molar-refractivity contribution in [3.63, 3.8) is 0 Å². The fraction of sp³-hybridized carbons (Fsp3) is 0.333. The Kier molecular flexibility index (Phi) is 4.76. The molecule has 0 saturated heterocycles. The van der Waals surface area contributed by atoms with Crippen molar-refractivity contribution in [2.75, 3.05) is 6.54 Å². The molecule has 2 rings (SSSR count). The quantitative estimate of drug-likeness (QED) is 0.791. The Hall–Kier alpha value is -2.30. The van der Waals surface area contributed by atoms with Gasteiger partial charge in [-0.25, -0.2) is 4.68 Å². The number of nitrogens with one attached hydrogen (secondary N) is 2. The molecule has 2 N–H and O–H groups in total. The molecular formula is C15H19N3O2. The average Bonchev–Trinajstić information content (AvgIpc) is 2.86. The van der Waals surface area contributed by atoms with E-state index in [1.165, 1.54) is 10.9 Å². The van der Waals surface area contributed by atoms with E-state index in [9.17, 15) is 9.59 Å². The molecule has 0 aliphatic carbocycles. The van der Waals surface area contributed by atoms with E-state index in [-0.39, 0.29) is 17.0 Å². The van der Waals surface area contributed by atoms with Gasteiger partial charge in [0.25, 0.3) is 11.5 Å². The predicted molar refractivity (Wildman–Crippen MR) is 78.2 cm³/mol. The molecule has 1 aromatic heterocycles. The van der Waals surface area contributed by atoms with Crippen LogP contribution in [0.15, 0.2) is 41.3 Å². The van der Waals surface area contributed by atoms with E-state index < -0.39 is 0 Å². The van der Waals surface area contributed by atoms with Crippen LogP contribution in [0.25, 0.3) is 5.69 Å². The number of rotatable bonds is 6. The first-order valence-electron chi connectivity index (χ1n) is 6.88. The van der Waals surface area contributed by atoms with Gasteiger partial charge in [0.15, 0.2) is 0 Å². The Morgan fingerprint density at radius 3 is 2.70 bits per heavy atom. The van der Waals surface area contributed by atoms with Crippen molar-refractivity contribution >= 4 is 5.91 Å². The van der Waals surface area contributed by atoms with E-state index in [4.69, 9.17) is 0 Å². The molecule has 0 spiro atoms. The smallest absolute Gasteiger partial charge is 0.284 e. The number of benzene rings is 1. The summed E-state index contributed by atoms with van der Waals surface area (Å²) in [6, 6.07) is 9.17. The molecule has 0 fully saturated rings. The van der Waals surface area contributed by atoms with Crippen LogP contribution in [-0.2, 0) is 0 Å². The van der Waals surface area contributed by atoms with Crippen LogP contribution >= 0.6 is 0 Å². The summed E-state index contributed by atoms with van der Waals surface area (Å²) in [4.78, 5) is 24.1. The topological polar surface area (TPSA) is 66.9 Å². The number of nitrogens with zero attached hydrogens (tertiary/aromatic N) is 1. The van der Waals surface area contributed by atoms with Gasteiger partial charge in [-0.2, -0.15) is 0 Å². The molecule has 0 saturated carbocycles. The predicted octanol–water partition coefficient (Wildman–Crippen LogP) is 2.09. The summed E-state index contributed by atoms with van der Waals surface area (Å²) in [7, 11) is 0. The number of carbonyl (C=O) groups is 1. The normalized spacial score (nSPS) is 10.4. The minimum atomic E-state index is -0.329. The van der Waals surface area contributed by atoms with Crippen molar-refractivity contribution in [3.05, 3.63) is 52.4 Å². The Bertz CT molecular complexity index is 614. The molecule has 20 heavy (non-hydrogen) atoms. The number of unbranched alkanes of at least 4 members (excludes halogenated alkanes) is 2. The lowest BCUT2D eigenvalue weighted by Gasteiger charge is -2.02. The van der Waals surface area contributed by atoms with Crippen LogP contribution in [0.3, 0.4) is 0 Å². The van der Waals surface area contributed by atoms with Crippen LogP contribution in [0.2, 0.25) is 0 Å². The first kappa shape index (κ1) is 14.1. The average molecular weight is 273 g/mol. The lowest BCUT2D eigenvalue weighted by atomic mass is 10.2. The Balaban J connectivity index is 2.09. The summed E-state index contributed by atoms with van der Waals surface area (Å²) in [6.07, 6.45) is 4.55. The molecule has 0 aliphatic heterocycles. The summed E-state index contributed by atoms with van der Waals surface area (Å²) in [5, 5.41) is 5.58. The number of aromatic nitrogens is 2. The van der Waals surface area contributed by atoms with Gasteiger partial charge in [-0.15, -0.1) is 0 Å². The molecule has 0 radical (unpaired) electrons. The van der Waals surface area contributed by atoms with Crippen LogP contribution in [0, 0.1) is 0 Å². The highest BCUT2D eigenvalue weighted by Gasteiger charge is 2.14. The lowest BCUT2D eigenvalue weighted by molar-refractivity contribution is 0.0952. The zero-order chi connectivity index (χ0) is 14.4. The standard InChI is InChI=1S/C15H19N3O2/c1-2-3-7-10-16-14(19)13-11-17-18(15(13)20)12-8-5-4-6-9-12/h4-6,8-9,11,17H,2-3,7,10H2,1H3,(H,16,19). The van der Waals surface area contributed by atoms with Gasteiger partial charge in [-0.05, 0) is 18.6 Å². The third-order valence-corrected chi connectivity index (χ3v) is 3.10. The number of hydrogen-bond acceptors (Lipinski definition) is 2. The first-order valence-corrected chi connectivity index (χ1v) is 6.88. The lowest BCUT2D eigenvalue weighted by Crippen LogP contribution is -2.30. The molecule has 0 aliphatic rings.